The summed E-state index contributed by atoms with van der Waals surface area (Å²) in [5.74, 6) is -0.454. The number of nitrogens with one attached hydrogen (secondary N) is 1. The van der Waals surface area contributed by atoms with Gasteiger partial charge in [0.05, 0.1) is 11.6 Å². The van der Waals surface area contributed by atoms with Crippen molar-refractivity contribution >= 4 is 11.7 Å². The number of hydrogen-bond donors (Lipinski definition) is 1. The number of hydrogen-bond acceptors (Lipinski definition) is 2. The van der Waals surface area contributed by atoms with E-state index in [0.717, 1.165) is 11.1 Å². The first-order valence-electron chi connectivity index (χ1n) is 9.83. The Morgan fingerprint density at radius 3 is 1.50 bits per heavy atom. The van der Waals surface area contributed by atoms with Crippen LogP contribution in [0.25, 0.3) is 0 Å². The molecule has 0 saturated heterocycles. The molecule has 4 rings (SSSR count). The van der Waals surface area contributed by atoms with Gasteiger partial charge < -0.3 is 5.32 Å². The molecule has 146 valence electrons. The van der Waals surface area contributed by atoms with Crippen LogP contribution in [0.15, 0.2) is 115 Å². The summed E-state index contributed by atoms with van der Waals surface area (Å²) in [6, 6.07) is 35.3. The largest absolute Gasteiger partial charge is 0.341 e. The van der Waals surface area contributed by atoms with E-state index in [9.17, 15) is 9.59 Å². The molecule has 1 amide bonds. The van der Waals surface area contributed by atoms with E-state index >= 15 is 0 Å². The minimum absolute atomic E-state index is 0.169. The fraction of sp³-hybridized carbons (Fsp3) is 0.0370. The zero-order chi connectivity index (χ0) is 20.8. The summed E-state index contributed by atoms with van der Waals surface area (Å²) in [6.45, 7) is 0. The monoisotopic (exact) mass is 391 g/mol. The van der Waals surface area contributed by atoms with Crippen molar-refractivity contribution in [3.8, 4) is 0 Å². The number of ketones is 1. The predicted molar refractivity (Wildman–Crippen MR) is 119 cm³/mol. The normalized spacial score (nSPS) is 10.6. The van der Waals surface area contributed by atoms with E-state index in [0.29, 0.717) is 16.7 Å². The molecule has 0 fully saturated rings. The molecule has 0 radical (unpaired) electrons. The molecule has 0 aliphatic heterocycles. The van der Waals surface area contributed by atoms with Crippen molar-refractivity contribution in [3.05, 3.63) is 143 Å². The predicted octanol–water partition coefficient (Wildman–Crippen LogP) is 5.44. The van der Waals surface area contributed by atoms with Crippen molar-refractivity contribution in [2.24, 2.45) is 0 Å². The third-order valence-electron chi connectivity index (χ3n) is 4.99. The lowest BCUT2D eigenvalue weighted by atomic mass is 9.95. The average molecular weight is 391 g/mol. The lowest BCUT2D eigenvalue weighted by Crippen LogP contribution is -2.30. The summed E-state index contributed by atoms with van der Waals surface area (Å²) in [6.07, 6.45) is 0. The first kappa shape index (κ1) is 19.3. The Morgan fingerprint density at radius 1 is 0.533 bits per heavy atom. The molecular formula is C27H21NO2. The van der Waals surface area contributed by atoms with E-state index in [1.54, 1.807) is 36.4 Å². The van der Waals surface area contributed by atoms with Gasteiger partial charge >= 0.3 is 0 Å². The fourth-order valence-electron chi connectivity index (χ4n) is 3.48. The van der Waals surface area contributed by atoms with E-state index < -0.39 is 0 Å². The Labute approximate surface area is 176 Å². The Kier molecular flexibility index (Phi) is 5.81. The molecule has 3 heteroatoms. The fourth-order valence-corrected chi connectivity index (χ4v) is 3.48. The molecule has 0 saturated carbocycles. The molecule has 3 nitrogen and oxygen atoms in total. The van der Waals surface area contributed by atoms with Gasteiger partial charge in [-0.2, -0.15) is 0 Å². The zero-order valence-corrected chi connectivity index (χ0v) is 16.4. The van der Waals surface area contributed by atoms with E-state index in [4.69, 9.17) is 0 Å². The Morgan fingerprint density at radius 2 is 0.967 bits per heavy atom. The van der Waals surface area contributed by atoms with Crippen LogP contribution >= 0.6 is 0 Å². The van der Waals surface area contributed by atoms with Crippen LogP contribution in [-0.2, 0) is 0 Å². The van der Waals surface area contributed by atoms with Crippen molar-refractivity contribution in [1.82, 2.24) is 5.32 Å². The quantitative estimate of drug-likeness (QED) is 0.445. The van der Waals surface area contributed by atoms with Crippen molar-refractivity contribution in [1.29, 1.82) is 0 Å². The Bertz CT molecular complexity index is 1100. The zero-order valence-electron chi connectivity index (χ0n) is 16.4. The molecule has 4 aromatic rings. The van der Waals surface area contributed by atoms with Gasteiger partial charge in [0.25, 0.3) is 5.91 Å². The molecule has 0 aromatic heterocycles. The van der Waals surface area contributed by atoms with Gasteiger partial charge in [-0.05, 0) is 17.2 Å². The van der Waals surface area contributed by atoms with Gasteiger partial charge in [-0.3, -0.25) is 9.59 Å². The molecule has 0 aliphatic carbocycles. The summed E-state index contributed by atoms with van der Waals surface area (Å²) >= 11 is 0. The number of amides is 1. The third-order valence-corrected chi connectivity index (χ3v) is 4.99. The van der Waals surface area contributed by atoms with Crippen LogP contribution in [0.5, 0.6) is 0 Å². The molecule has 0 spiro atoms. The van der Waals surface area contributed by atoms with Gasteiger partial charge in [-0.25, -0.2) is 0 Å². The first-order valence-corrected chi connectivity index (χ1v) is 9.83. The number of rotatable bonds is 6. The van der Waals surface area contributed by atoms with Crippen molar-refractivity contribution in [3.63, 3.8) is 0 Å². The minimum atomic E-state index is -0.320. The second kappa shape index (κ2) is 9.01. The molecule has 0 heterocycles. The minimum Gasteiger partial charge on any atom is -0.341 e. The standard InChI is InChI=1S/C27H21NO2/c29-26(22-16-8-3-9-17-22)23-18-10-11-19-24(23)27(30)28-25(20-12-4-1-5-13-20)21-14-6-2-7-15-21/h1-19,25H,(H,28,30). The summed E-state index contributed by atoms with van der Waals surface area (Å²) in [4.78, 5) is 26.3. The second-order valence-electron chi connectivity index (χ2n) is 6.97. The molecular weight excluding hydrogens is 370 g/mol. The number of carbonyl (C=O) groups excluding carboxylic acids is 2. The third kappa shape index (κ3) is 4.20. The highest BCUT2D eigenvalue weighted by Gasteiger charge is 2.22. The highest BCUT2D eigenvalue weighted by atomic mass is 16.2. The van der Waals surface area contributed by atoms with Crippen LogP contribution < -0.4 is 5.32 Å². The van der Waals surface area contributed by atoms with Crippen LogP contribution in [0.4, 0.5) is 0 Å². The van der Waals surface area contributed by atoms with Gasteiger partial charge in [0, 0.05) is 11.1 Å². The van der Waals surface area contributed by atoms with Crippen molar-refractivity contribution in [2.45, 2.75) is 6.04 Å². The van der Waals surface area contributed by atoms with Crippen LogP contribution in [-0.4, -0.2) is 11.7 Å². The van der Waals surface area contributed by atoms with E-state index in [2.05, 4.69) is 5.32 Å². The molecule has 4 aromatic carbocycles. The van der Waals surface area contributed by atoms with Gasteiger partial charge in [-0.15, -0.1) is 0 Å². The second-order valence-corrected chi connectivity index (χ2v) is 6.97. The van der Waals surface area contributed by atoms with E-state index in [1.165, 1.54) is 0 Å². The number of carbonyl (C=O) groups is 2. The maximum Gasteiger partial charge on any atom is 0.252 e. The molecule has 0 aliphatic rings. The van der Waals surface area contributed by atoms with E-state index in [1.807, 2.05) is 78.9 Å². The van der Waals surface area contributed by atoms with Crippen LogP contribution in [0.3, 0.4) is 0 Å². The summed E-state index contributed by atoms with van der Waals surface area (Å²) < 4.78 is 0. The van der Waals surface area contributed by atoms with E-state index in [-0.39, 0.29) is 17.7 Å². The summed E-state index contributed by atoms with van der Waals surface area (Å²) in [7, 11) is 0. The summed E-state index contributed by atoms with van der Waals surface area (Å²) in [5, 5.41) is 3.12. The SMILES string of the molecule is O=C(NC(c1ccccc1)c1ccccc1)c1ccccc1C(=O)c1ccccc1. The smallest absolute Gasteiger partial charge is 0.252 e. The van der Waals surface area contributed by atoms with Gasteiger partial charge in [-0.1, -0.05) is 109 Å². The van der Waals surface area contributed by atoms with Crippen LogP contribution in [0, 0.1) is 0 Å². The Hall–Kier alpha value is -3.98. The lowest BCUT2D eigenvalue weighted by molar-refractivity contribution is 0.0932. The molecule has 0 atom stereocenters. The number of benzene rings is 4. The van der Waals surface area contributed by atoms with Gasteiger partial charge in [0.1, 0.15) is 0 Å². The van der Waals surface area contributed by atoms with Crippen molar-refractivity contribution in [2.75, 3.05) is 0 Å². The van der Waals surface area contributed by atoms with Gasteiger partial charge in [0.2, 0.25) is 0 Å². The van der Waals surface area contributed by atoms with Gasteiger partial charge in [0.15, 0.2) is 5.78 Å². The topological polar surface area (TPSA) is 46.2 Å². The highest BCUT2D eigenvalue weighted by molar-refractivity contribution is 6.15. The maximum atomic E-state index is 13.3. The highest BCUT2D eigenvalue weighted by Crippen LogP contribution is 2.23. The molecule has 0 bridgehead atoms. The Balaban J connectivity index is 1.68. The summed E-state index contributed by atoms with van der Waals surface area (Å²) in [5.41, 5.74) is 3.26. The maximum absolute atomic E-state index is 13.3. The lowest BCUT2D eigenvalue weighted by Gasteiger charge is -2.20. The molecule has 30 heavy (non-hydrogen) atoms. The van der Waals surface area contributed by atoms with Crippen LogP contribution in [0.2, 0.25) is 0 Å². The molecule has 1 N–H and O–H groups in total. The van der Waals surface area contributed by atoms with Crippen LogP contribution in [0.1, 0.15) is 43.4 Å². The molecule has 0 unspecified atom stereocenters. The first-order chi connectivity index (χ1) is 14.7. The van der Waals surface area contributed by atoms with Crippen molar-refractivity contribution < 1.29 is 9.59 Å². The average Bonchev–Trinajstić information content (AvgIpc) is 2.83.